The van der Waals surface area contributed by atoms with Gasteiger partial charge in [0.1, 0.15) is 0 Å². The zero-order chi connectivity index (χ0) is 12.1. The molecule has 0 atom stereocenters. The number of halogens is 2. The highest BCUT2D eigenvalue weighted by molar-refractivity contribution is 7.32. The van der Waals surface area contributed by atoms with E-state index >= 15 is 0 Å². The van der Waals surface area contributed by atoms with Crippen molar-refractivity contribution in [3.05, 3.63) is 60.7 Å². The molecule has 0 aliphatic heterocycles. The Labute approximate surface area is 116 Å². The van der Waals surface area contributed by atoms with E-state index in [0.717, 1.165) is 0 Å². The molecule has 0 heterocycles. The molecule has 86 valence electrons. The molecule has 0 aliphatic carbocycles. The van der Waals surface area contributed by atoms with Crippen LogP contribution in [0.2, 0.25) is 0 Å². The van der Waals surface area contributed by atoms with Gasteiger partial charge >= 0.3 is 12.6 Å². The van der Waals surface area contributed by atoms with Gasteiger partial charge in [-0.1, -0.05) is 60.7 Å². The second-order valence-corrected chi connectivity index (χ2v) is 10.4. The highest BCUT2D eigenvalue weighted by atomic mass is 35.7. The highest BCUT2D eigenvalue weighted by Gasteiger charge is 2.24. The quantitative estimate of drug-likeness (QED) is 0.784. The number of benzene rings is 2. The van der Waals surface area contributed by atoms with Gasteiger partial charge in [-0.3, -0.25) is 0 Å². The number of hydrogen-bond donors (Lipinski definition) is 0. The van der Waals surface area contributed by atoms with Gasteiger partial charge in [0.25, 0.3) is 0 Å². The van der Waals surface area contributed by atoms with Crippen LogP contribution in [-0.2, 0) is 3.48 Å². The molecule has 0 saturated heterocycles. The van der Waals surface area contributed by atoms with E-state index in [2.05, 4.69) is 24.3 Å². The first-order chi connectivity index (χ1) is 8.27. The van der Waals surface area contributed by atoms with Gasteiger partial charge in [0.05, 0.1) is 0 Å². The molecule has 0 spiro atoms. The van der Waals surface area contributed by atoms with Gasteiger partial charge in [0.2, 0.25) is 9.04 Å². The Bertz CT molecular complexity index is 413. The summed E-state index contributed by atoms with van der Waals surface area (Å²) in [6.45, 7) is 0. The molecule has 2 aromatic rings. The molecular weight excluding hydrogens is 286 g/mol. The average Bonchev–Trinajstić information content (AvgIpc) is 2.38. The van der Waals surface area contributed by atoms with Crippen molar-refractivity contribution in [2.75, 3.05) is 0 Å². The van der Waals surface area contributed by atoms with E-state index in [0.29, 0.717) is 0 Å². The van der Waals surface area contributed by atoms with Crippen molar-refractivity contribution in [3.8, 4) is 0 Å². The van der Waals surface area contributed by atoms with Crippen molar-refractivity contribution in [1.82, 2.24) is 0 Å². The van der Waals surface area contributed by atoms with Crippen LogP contribution in [-0.4, -0.2) is 21.7 Å². The molecule has 1 nitrogen and oxygen atoms in total. The molecular formula is C12H11AlCl2OSi. The van der Waals surface area contributed by atoms with Gasteiger partial charge < -0.3 is 3.48 Å². The Morgan fingerprint density at radius 3 is 1.53 bits per heavy atom. The Kier molecular flexibility index (Phi) is 5.12. The normalized spacial score (nSPS) is 10.5. The zero-order valence-electron chi connectivity index (χ0n) is 9.09. The second-order valence-electron chi connectivity index (χ2n) is 3.60. The minimum Gasteiger partial charge on any atom is -0.517 e. The molecule has 0 radical (unpaired) electrons. The van der Waals surface area contributed by atoms with E-state index in [1.54, 1.807) is 0 Å². The van der Waals surface area contributed by atoms with Gasteiger partial charge in [-0.25, -0.2) is 0 Å². The Morgan fingerprint density at radius 2 is 1.18 bits per heavy atom. The third-order valence-corrected chi connectivity index (χ3v) is 8.19. The van der Waals surface area contributed by atoms with E-state index in [1.807, 2.05) is 36.4 Å². The van der Waals surface area contributed by atoms with Gasteiger partial charge in [0, 0.05) is 0 Å². The summed E-state index contributed by atoms with van der Waals surface area (Å²) < 4.78 is 5.83. The third kappa shape index (κ3) is 3.86. The monoisotopic (exact) mass is 296 g/mol. The van der Waals surface area contributed by atoms with Crippen molar-refractivity contribution < 1.29 is 3.48 Å². The lowest BCUT2D eigenvalue weighted by Gasteiger charge is -2.17. The Hall–Kier alpha value is -0.271. The van der Waals surface area contributed by atoms with Gasteiger partial charge in [0.15, 0.2) is 0 Å². The van der Waals surface area contributed by atoms with Crippen molar-refractivity contribution in [2.24, 2.45) is 0 Å². The van der Waals surface area contributed by atoms with E-state index < -0.39 is 21.7 Å². The second kappa shape index (κ2) is 6.61. The maximum Gasteiger partial charge on any atom is 0.714 e. The van der Waals surface area contributed by atoms with Crippen LogP contribution in [0, 0.1) is 0 Å². The maximum absolute atomic E-state index is 5.89. The summed E-state index contributed by atoms with van der Waals surface area (Å²) in [6, 6.07) is 20.4. The highest BCUT2D eigenvalue weighted by Crippen LogP contribution is 2.02. The molecule has 0 bridgehead atoms. The van der Waals surface area contributed by atoms with Gasteiger partial charge in [-0.15, -0.1) is 0 Å². The summed E-state index contributed by atoms with van der Waals surface area (Å²) in [4.78, 5) is 0. The number of hydrogen-bond acceptors (Lipinski definition) is 1. The summed E-state index contributed by atoms with van der Waals surface area (Å²) in [7, 11) is 10.1. The topological polar surface area (TPSA) is 9.23 Å². The fourth-order valence-corrected chi connectivity index (χ4v) is 7.17. The number of rotatable bonds is 4. The molecule has 0 N–H and O–H groups in total. The fourth-order valence-electron chi connectivity index (χ4n) is 1.71. The van der Waals surface area contributed by atoms with Crippen LogP contribution in [0.4, 0.5) is 0 Å². The minimum atomic E-state index is -2.06. The Morgan fingerprint density at radius 1 is 0.765 bits per heavy atom. The zero-order valence-corrected chi connectivity index (χ0v) is 12.9. The lowest BCUT2D eigenvalue weighted by molar-refractivity contribution is 0.647. The van der Waals surface area contributed by atoms with E-state index in [-0.39, 0.29) is 0 Å². The molecule has 17 heavy (non-hydrogen) atoms. The molecule has 2 aromatic carbocycles. The fraction of sp³-hybridized carbons (Fsp3) is 0. The molecule has 0 unspecified atom stereocenters. The summed E-state index contributed by atoms with van der Waals surface area (Å²) in [6.07, 6.45) is 0. The largest absolute Gasteiger partial charge is 0.714 e. The van der Waals surface area contributed by atoms with Crippen LogP contribution in [0.3, 0.4) is 0 Å². The summed E-state index contributed by atoms with van der Waals surface area (Å²) >= 11 is -2.06. The maximum atomic E-state index is 5.89. The molecule has 0 amide bonds. The van der Waals surface area contributed by atoms with E-state index in [4.69, 9.17) is 23.6 Å². The van der Waals surface area contributed by atoms with Crippen LogP contribution in [0.5, 0.6) is 0 Å². The summed E-state index contributed by atoms with van der Waals surface area (Å²) in [5, 5.41) is 2.41. The first kappa shape index (κ1) is 13.2. The summed E-state index contributed by atoms with van der Waals surface area (Å²) in [5.74, 6) is 0. The van der Waals surface area contributed by atoms with E-state index in [9.17, 15) is 0 Å². The lowest BCUT2D eigenvalue weighted by Crippen LogP contribution is -2.46. The van der Waals surface area contributed by atoms with Crippen molar-refractivity contribution in [3.63, 3.8) is 0 Å². The average molecular weight is 297 g/mol. The minimum absolute atomic E-state index is 1.21. The van der Waals surface area contributed by atoms with Crippen LogP contribution < -0.4 is 10.4 Å². The van der Waals surface area contributed by atoms with E-state index in [1.165, 1.54) is 10.4 Å². The SMILES string of the molecule is [Cl][Al]([Cl])[O][SiH](c1ccccc1)c1ccccc1. The van der Waals surface area contributed by atoms with Crippen molar-refractivity contribution in [2.45, 2.75) is 0 Å². The first-order valence-electron chi connectivity index (χ1n) is 5.31. The van der Waals surface area contributed by atoms with Gasteiger partial charge in [-0.2, -0.15) is 20.1 Å². The molecule has 0 aliphatic rings. The lowest BCUT2D eigenvalue weighted by atomic mass is 10.4. The molecule has 0 fully saturated rings. The third-order valence-electron chi connectivity index (χ3n) is 2.44. The molecule has 2 rings (SSSR count). The summed E-state index contributed by atoms with van der Waals surface area (Å²) in [5.41, 5.74) is 0. The molecule has 0 saturated carbocycles. The smallest absolute Gasteiger partial charge is 0.517 e. The standard InChI is InChI=1S/C12H11OSi.Al.2ClH/c13-14(11-7-3-1-4-8-11)12-9-5-2-6-10-12;;;/h1-10,14H;;2*1H/q-1;+3;;/p-2. The Balaban J connectivity index is 2.32. The van der Waals surface area contributed by atoms with Crippen molar-refractivity contribution in [1.29, 1.82) is 0 Å². The van der Waals surface area contributed by atoms with Crippen molar-refractivity contribution >= 4 is 52.2 Å². The van der Waals surface area contributed by atoms with Crippen LogP contribution in [0.15, 0.2) is 60.7 Å². The van der Waals surface area contributed by atoms with Crippen LogP contribution in [0.25, 0.3) is 0 Å². The predicted molar refractivity (Wildman–Crippen MR) is 77.8 cm³/mol. The molecule has 5 heteroatoms. The predicted octanol–water partition coefficient (Wildman–Crippen LogP) is 2.00. The molecule has 0 aromatic heterocycles. The van der Waals surface area contributed by atoms with Gasteiger partial charge in [-0.05, 0) is 10.4 Å². The van der Waals surface area contributed by atoms with Crippen LogP contribution in [0.1, 0.15) is 0 Å². The van der Waals surface area contributed by atoms with Crippen LogP contribution >= 0.6 is 20.1 Å². The first-order valence-corrected chi connectivity index (χ1v) is 10.9.